The topological polar surface area (TPSA) is 90.7 Å². The minimum absolute atomic E-state index is 0.538. The van der Waals surface area contributed by atoms with Crippen molar-refractivity contribution in [3.63, 3.8) is 0 Å². The lowest BCUT2D eigenvalue weighted by atomic mass is 10.2. The molecule has 0 unspecified atom stereocenters. The number of pyridine rings is 1. The molecule has 0 fully saturated rings. The second kappa shape index (κ2) is 6.67. The quantitative estimate of drug-likeness (QED) is 0.554. The van der Waals surface area contributed by atoms with Gasteiger partial charge in [-0.2, -0.15) is 0 Å². The molecular weight excluding hydrogens is 272 g/mol. The maximum absolute atomic E-state index is 5.34. The minimum Gasteiger partial charge on any atom is -0.493 e. The number of aromatic nitrogens is 1. The number of rotatable bonds is 6. The van der Waals surface area contributed by atoms with Crippen LogP contribution >= 0.6 is 0 Å². The number of methoxy groups -OCH3 is 3. The van der Waals surface area contributed by atoms with Crippen molar-refractivity contribution < 1.29 is 14.2 Å². The van der Waals surface area contributed by atoms with Crippen molar-refractivity contribution in [2.24, 2.45) is 5.84 Å². The summed E-state index contributed by atoms with van der Waals surface area (Å²) in [4.78, 5) is 4.28. The Hall–Kier alpha value is -2.67. The van der Waals surface area contributed by atoms with Crippen LogP contribution < -0.4 is 30.8 Å². The molecule has 1 aromatic carbocycles. The molecule has 21 heavy (non-hydrogen) atoms. The molecule has 112 valence electrons. The number of nitrogens with zero attached hydrogens (tertiary/aromatic N) is 1. The molecule has 0 amide bonds. The van der Waals surface area contributed by atoms with Crippen LogP contribution in [0.1, 0.15) is 0 Å². The van der Waals surface area contributed by atoms with Crippen LogP contribution in [0.5, 0.6) is 17.2 Å². The molecule has 1 heterocycles. The molecule has 0 spiro atoms. The first-order valence-electron chi connectivity index (χ1n) is 6.22. The summed E-state index contributed by atoms with van der Waals surface area (Å²) >= 11 is 0. The molecule has 0 atom stereocenters. The van der Waals surface area contributed by atoms with Gasteiger partial charge in [0.25, 0.3) is 0 Å². The third kappa shape index (κ3) is 3.26. The van der Waals surface area contributed by atoms with Crippen molar-refractivity contribution in [3.05, 3.63) is 30.3 Å². The Morgan fingerprint density at radius 3 is 2.10 bits per heavy atom. The van der Waals surface area contributed by atoms with E-state index in [1.165, 1.54) is 0 Å². The molecule has 0 saturated heterocycles. The van der Waals surface area contributed by atoms with Crippen LogP contribution in [-0.2, 0) is 0 Å². The van der Waals surface area contributed by atoms with Crippen LogP contribution in [0, 0.1) is 0 Å². The highest BCUT2D eigenvalue weighted by atomic mass is 16.5. The largest absolute Gasteiger partial charge is 0.493 e. The van der Waals surface area contributed by atoms with Crippen LogP contribution in [0.2, 0.25) is 0 Å². The van der Waals surface area contributed by atoms with Gasteiger partial charge in [-0.1, -0.05) is 6.07 Å². The Morgan fingerprint density at radius 2 is 1.57 bits per heavy atom. The molecule has 1 aromatic heterocycles. The molecule has 0 bridgehead atoms. The first-order valence-corrected chi connectivity index (χ1v) is 6.22. The molecule has 7 heteroatoms. The van der Waals surface area contributed by atoms with E-state index in [9.17, 15) is 0 Å². The molecule has 0 radical (unpaired) electrons. The fraction of sp³-hybridized carbons (Fsp3) is 0.214. The summed E-state index contributed by atoms with van der Waals surface area (Å²) in [5.74, 6) is 8.21. The molecule has 0 aliphatic heterocycles. The van der Waals surface area contributed by atoms with Crippen LogP contribution in [0.15, 0.2) is 30.3 Å². The highest BCUT2D eigenvalue weighted by Crippen LogP contribution is 2.40. The van der Waals surface area contributed by atoms with E-state index in [-0.39, 0.29) is 0 Å². The predicted octanol–water partition coefficient (Wildman–Crippen LogP) is 2.14. The van der Waals surface area contributed by atoms with E-state index in [0.29, 0.717) is 28.9 Å². The van der Waals surface area contributed by atoms with E-state index in [2.05, 4.69) is 15.7 Å². The number of hydrogen-bond acceptors (Lipinski definition) is 7. The number of hydrogen-bond donors (Lipinski definition) is 3. The van der Waals surface area contributed by atoms with Crippen molar-refractivity contribution in [3.8, 4) is 17.2 Å². The third-order valence-corrected chi connectivity index (χ3v) is 2.83. The van der Waals surface area contributed by atoms with E-state index in [4.69, 9.17) is 20.1 Å². The first kappa shape index (κ1) is 14.7. The van der Waals surface area contributed by atoms with Gasteiger partial charge in [-0.05, 0) is 12.1 Å². The summed E-state index contributed by atoms with van der Waals surface area (Å²) in [6.45, 7) is 0. The minimum atomic E-state index is 0.538. The molecule has 2 aromatic rings. The Balaban J connectivity index is 2.35. The average Bonchev–Trinajstić information content (AvgIpc) is 2.53. The maximum Gasteiger partial charge on any atom is 0.203 e. The van der Waals surface area contributed by atoms with Gasteiger partial charge < -0.3 is 25.0 Å². The Kier molecular flexibility index (Phi) is 4.68. The zero-order valence-corrected chi connectivity index (χ0v) is 12.1. The molecule has 0 aliphatic carbocycles. The average molecular weight is 290 g/mol. The Bertz CT molecular complexity index is 594. The lowest BCUT2D eigenvalue weighted by Crippen LogP contribution is -2.09. The van der Waals surface area contributed by atoms with E-state index in [1.54, 1.807) is 39.5 Å². The van der Waals surface area contributed by atoms with Gasteiger partial charge in [-0.25, -0.2) is 10.8 Å². The molecular formula is C14H18N4O3. The third-order valence-electron chi connectivity index (χ3n) is 2.83. The van der Waals surface area contributed by atoms with Crippen LogP contribution in [0.4, 0.5) is 17.3 Å². The zero-order chi connectivity index (χ0) is 15.2. The van der Waals surface area contributed by atoms with Gasteiger partial charge >= 0.3 is 0 Å². The number of anilines is 3. The summed E-state index contributed by atoms with van der Waals surface area (Å²) in [6, 6.07) is 9.02. The number of ether oxygens (including phenoxy) is 3. The van der Waals surface area contributed by atoms with Crippen LogP contribution in [0.3, 0.4) is 0 Å². The highest BCUT2D eigenvalue weighted by Gasteiger charge is 2.13. The number of nitrogen functional groups attached to an aromatic ring is 1. The number of nitrogens with two attached hydrogens (primary N) is 1. The van der Waals surface area contributed by atoms with E-state index < -0.39 is 0 Å². The summed E-state index contributed by atoms with van der Waals surface area (Å²) < 4.78 is 15.9. The Morgan fingerprint density at radius 1 is 0.952 bits per heavy atom. The standard InChI is InChI=1S/C14H18N4O3/c1-19-10-7-9(8-11(20-2)14(10)21-3)16-12-5-4-6-13(17-12)18-15/h4-8H,15H2,1-3H3,(H2,16,17,18). The van der Waals surface area contributed by atoms with E-state index in [1.807, 2.05) is 12.1 Å². The molecule has 0 saturated carbocycles. The van der Waals surface area contributed by atoms with Gasteiger partial charge in [0.2, 0.25) is 5.75 Å². The SMILES string of the molecule is COc1cc(Nc2cccc(NN)n2)cc(OC)c1OC. The van der Waals surface area contributed by atoms with Gasteiger partial charge in [0.1, 0.15) is 11.6 Å². The number of hydrazine groups is 1. The normalized spacial score (nSPS) is 9.90. The number of benzene rings is 1. The lowest BCUT2D eigenvalue weighted by Gasteiger charge is -2.15. The summed E-state index contributed by atoms with van der Waals surface area (Å²) in [7, 11) is 4.70. The van der Waals surface area contributed by atoms with E-state index >= 15 is 0 Å². The van der Waals surface area contributed by atoms with Gasteiger partial charge in [-0.15, -0.1) is 0 Å². The van der Waals surface area contributed by atoms with Crippen LogP contribution in [-0.4, -0.2) is 26.3 Å². The second-order valence-electron chi connectivity index (χ2n) is 4.09. The fourth-order valence-electron chi connectivity index (χ4n) is 1.89. The second-order valence-corrected chi connectivity index (χ2v) is 4.09. The summed E-state index contributed by atoms with van der Waals surface area (Å²) in [5.41, 5.74) is 3.25. The number of nitrogens with one attached hydrogen (secondary N) is 2. The lowest BCUT2D eigenvalue weighted by molar-refractivity contribution is 0.324. The molecule has 2 rings (SSSR count). The van der Waals surface area contributed by atoms with Gasteiger partial charge in [0.15, 0.2) is 11.5 Å². The smallest absolute Gasteiger partial charge is 0.203 e. The van der Waals surface area contributed by atoms with Crippen LogP contribution in [0.25, 0.3) is 0 Å². The first-order chi connectivity index (χ1) is 10.2. The van der Waals surface area contributed by atoms with Gasteiger partial charge in [0.05, 0.1) is 21.3 Å². The molecule has 0 aliphatic rings. The van der Waals surface area contributed by atoms with Crippen molar-refractivity contribution in [2.45, 2.75) is 0 Å². The zero-order valence-electron chi connectivity index (χ0n) is 12.1. The maximum atomic E-state index is 5.34. The molecule has 4 N–H and O–H groups in total. The predicted molar refractivity (Wildman–Crippen MR) is 81.4 cm³/mol. The van der Waals surface area contributed by atoms with E-state index in [0.717, 1.165) is 5.69 Å². The monoisotopic (exact) mass is 290 g/mol. The highest BCUT2D eigenvalue weighted by molar-refractivity contribution is 5.67. The Labute approximate surface area is 123 Å². The summed E-state index contributed by atoms with van der Waals surface area (Å²) in [5, 5.41) is 3.16. The summed E-state index contributed by atoms with van der Waals surface area (Å²) in [6.07, 6.45) is 0. The van der Waals surface area contributed by atoms with Gasteiger partial charge in [-0.3, -0.25) is 0 Å². The van der Waals surface area contributed by atoms with Crippen molar-refractivity contribution in [2.75, 3.05) is 32.1 Å². The van der Waals surface area contributed by atoms with Crippen molar-refractivity contribution in [1.29, 1.82) is 0 Å². The van der Waals surface area contributed by atoms with Crippen molar-refractivity contribution >= 4 is 17.3 Å². The van der Waals surface area contributed by atoms with Crippen molar-refractivity contribution in [1.82, 2.24) is 4.98 Å². The fourth-order valence-corrected chi connectivity index (χ4v) is 1.89. The molecule has 7 nitrogen and oxygen atoms in total. The van der Waals surface area contributed by atoms with Gasteiger partial charge in [0, 0.05) is 17.8 Å².